The van der Waals surface area contributed by atoms with E-state index < -0.39 is 0 Å². The molecule has 3 nitrogen and oxygen atoms in total. The van der Waals surface area contributed by atoms with Crippen LogP contribution in [-0.4, -0.2) is 19.0 Å². The van der Waals surface area contributed by atoms with Crippen LogP contribution in [0.2, 0.25) is 0 Å². The number of nitrogens with one attached hydrogen (secondary N) is 1. The third-order valence-electron chi connectivity index (χ3n) is 2.95. The molecule has 1 aromatic rings. The smallest absolute Gasteiger partial charge is 0.220 e. The Balaban J connectivity index is 2.13. The lowest BCUT2D eigenvalue weighted by Gasteiger charge is -2.04. The predicted octanol–water partition coefficient (Wildman–Crippen LogP) is 2.54. The molecule has 1 amide bonds. The van der Waals surface area contributed by atoms with Gasteiger partial charge in [-0.3, -0.25) is 4.79 Å². The Labute approximate surface area is 114 Å². The Morgan fingerprint density at radius 3 is 2.72 bits per heavy atom. The molecule has 0 spiro atoms. The van der Waals surface area contributed by atoms with Crippen molar-refractivity contribution in [3.05, 3.63) is 21.4 Å². The maximum absolute atomic E-state index is 11.5. The summed E-state index contributed by atoms with van der Waals surface area (Å²) in [5.74, 6) is 0.164. The summed E-state index contributed by atoms with van der Waals surface area (Å²) < 4.78 is 0. The zero-order valence-electron chi connectivity index (χ0n) is 11.4. The van der Waals surface area contributed by atoms with Crippen LogP contribution in [0.1, 0.15) is 41.0 Å². The molecule has 0 saturated heterocycles. The molecule has 0 fully saturated rings. The summed E-state index contributed by atoms with van der Waals surface area (Å²) in [6.45, 7) is 5.74. The van der Waals surface area contributed by atoms with Gasteiger partial charge in [-0.2, -0.15) is 0 Å². The molecule has 4 heteroatoms. The van der Waals surface area contributed by atoms with Crippen molar-refractivity contribution in [1.29, 1.82) is 0 Å². The molecule has 0 aliphatic rings. The average Bonchev–Trinajstić information content (AvgIpc) is 2.64. The van der Waals surface area contributed by atoms with E-state index in [0.717, 1.165) is 32.2 Å². The summed E-state index contributed by atoms with van der Waals surface area (Å²) in [6.07, 6.45) is 4.52. The second kappa shape index (κ2) is 8.27. The normalized spacial score (nSPS) is 10.6. The number of hydrogen-bond acceptors (Lipinski definition) is 3. The molecule has 1 aromatic heterocycles. The number of carbonyl (C=O) groups excluding carboxylic acids is 1. The van der Waals surface area contributed by atoms with Gasteiger partial charge in [0.15, 0.2) is 0 Å². The van der Waals surface area contributed by atoms with Crippen LogP contribution in [0, 0.1) is 13.8 Å². The average molecular weight is 268 g/mol. The van der Waals surface area contributed by atoms with Gasteiger partial charge in [0.05, 0.1) is 0 Å². The lowest BCUT2D eigenvalue weighted by molar-refractivity contribution is -0.121. The van der Waals surface area contributed by atoms with Crippen molar-refractivity contribution in [2.24, 2.45) is 5.73 Å². The number of aryl methyl sites for hydroxylation is 3. The molecule has 3 N–H and O–H groups in total. The third kappa shape index (κ3) is 5.65. The number of carbonyl (C=O) groups is 1. The quantitative estimate of drug-likeness (QED) is 0.712. The highest BCUT2D eigenvalue weighted by molar-refractivity contribution is 7.12. The molecule has 18 heavy (non-hydrogen) atoms. The fraction of sp³-hybridized carbons (Fsp3) is 0.643. The highest BCUT2D eigenvalue weighted by atomic mass is 32.1. The van der Waals surface area contributed by atoms with E-state index in [9.17, 15) is 4.79 Å². The van der Waals surface area contributed by atoms with Gasteiger partial charge in [0.25, 0.3) is 0 Å². The fourth-order valence-corrected chi connectivity index (χ4v) is 2.93. The number of amides is 1. The van der Waals surface area contributed by atoms with Crippen molar-refractivity contribution in [2.45, 2.75) is 46.0 Å². The standard InChI is InChI=1S/C14H24N2OS/c1-11-10-13(12(2)18-11)6-5-7-14(17)16-9-4-3-8-15/h10H,3-9,15H2,1-2H3,(H,16,17). The second-order valence-electron chi connectivity index (χ2n) is 4.64. The van der Waals surface area contributed by atoms with E-state index in [1.807, 2.05) is 11.3 Å². The van der Waals surface area contributed by atoms with Crippen LogP contribution in [0.15, 0.2) is 6.07 Å². The Bertz CT molecular complexity index is 374. The van der Waals surface area contributed by atoms with Crippen LogP contribution < -0.4 is 11.1 Å². The molecule has 1 rings (SSSR count). The number of hydrogen-bond donors (Lipinski definition) is 2. The minimum Gasteiger partial charge on any atom is -0.356 e. The van der Waals surface area contributed by atoms with E-state index in [1.165, 1.54) is 15.3 Å². The molecule has 0 aliphatic carbocycles. The van der Waals surface area contributed by atoms with Gasteiger partial charge < -0.3 is 11.1 Å². The van der Waals surface area contributed by atoms with Gasteiger partial charge >= 0.3 is 0 Å². The van der Waals surface area contributed by atoms with Crippen molar-refractivity contribution < 1.29 is 4.79 Å². The van der Waals surface area contributed by atoms with Gasteiger partial charge in [-0.15, -0.1) is 11.3 Å². The highest BCUT2D eigenvalue weighted by Gasteiger charge is 2.05. The van der Waals surface area contributed by atoms with Gasteiger partial charge in [0.2, 0.25) is 5.91 Å². The van der Waals surface area contributed by atoms with Crippen molar-refractivity contribution in [2.75, 3.05) is 13.1 Å². The number of unbranched alkanes of at least 4 members (excludes halogenated alkanes) is 1. The molecule has 0 aliphatic heterocycles. The molecule has 1 heterocycles. The van der Waals surface area contributed by atoms with Crippen molar-refractivity contribution in [1.82, 2.24) is 5.32 Å². The molecule has 0 atom stereocenters. The van der Waals surface area contributed by atoms with Gasteiger partial charge in [0, 0.05) is 22.7 Å². The van der Waals surface area contributed by atoms with Crippen molar-refractivity contribution in [3.8, 4) is 0 Å². The first-order valence-corrected chi connectivity index (χ1v) is 7.48. The van der Waals surface area contributed by atoms with Crippen LogP contribution in [0.5, 0.6) is 0 Å². The first-order chi connectivity index (χ1) is 8.63. The molecule has 102 valence electrons. The molecule has 0 saturated carbocycles. The van der Waals surface area contributed by atoms with Gasteiger partial charge in [-0.25, -0.2) is 0 Å². The Morgan fingerprint density at radius 1 is 1.33 bits per heavy atom. The van der Waals surface area contributed by atoms with E-state index in [4.69, 9.17) is 5.73 Å². The zero-order chi connectivity index (χ0) is 13.4. The van der Waals surface area contributed by atoms with E-state index >= 15 is 0 Å². The molecule has 0 bridgehead atoms. The molecular weight excluding hydrogens is 244 g/mol. The summed E-state index contributed by atoms with van der Waals surface area (Å²) >= 11 is 1.84. The van der Waals surface area contributed by atoms with Crippen LogP contribution in [-0.2, 0) is 11.2 Å². The maximum Gasteiger partial charge on any atom is 0.220 e. The van der Waals surface area contributed by atoms with Gasteiger partial charge in [-0.1, -0.05) is 0 Å². The summed E-state index contributed by atoms with van der Waals surface area (Å²) in [4.78, 5) is 14.3. The number of thiophene rings is 1. The predicted molar refractivity (Wildman–Crippen MR) is 78.0 cm³/mol. The molecule has 0 radical (unpaired) electrons. The maximum atomic E-state index is 11.5. The number of nitrogens with two attached hydrogens (primary N) is 1. The molecule has 0 unspecified atom stereocenters. The minimum atomic E-state index is 0.164. The first kappa shape index (κ1) is 15.2. The van der Waals surface area contributed by atoms with Crippen molar-refractivity contribution in [3.63, 3.8) is 0 Å². The Hall–Kier alpha value is -0.870. The lowest BCUT2D eigenvalue weighted by Crippen LogP contribution is -2.24. The van der Waals surface area contributed by atoms with Gasteiger partial charge in [0.1, 0.15) is 0 Å². The van der Waals surface area contributed by atoms with E-state index in [1.54, 1.807) is 0 Å². The number of rotatable bonds is 8. The van der Waals surface area contributed by atoms with Crippen molar-refractivity contribution >= 4 is 17.2 Å². The van der Waals surface area contributed by atoms with Crippen LogP contribution in [0.4, 0.5) is 0 Å². The first-order valence-electron chi connectivity index (χ1n) is 6.66. The van der Waals surface area contributed by atoms with Crippen LogP contribution >= 0.6 is 11.3 Å². The Morgan fingerprint density at radius 2 is 2.11 bits per heavy atom. The highest BCUT2D eigenvalue weighted by Crippen LogP contribution is 2.22. The summed E-state index contributed by atoms with van der Waals surface area (Å²) in [7, 11) is 0. The third-order valence-corrected chi connectivity index (χ3v) is 3.96. The molecule has 0 aromatic carbocycles. The topological polar surface area (TPSA) is 55.1 Å². The zero-order valence-corrected chi connectivity index (χ0v) is 12.2. The minimum absolute atomic E-state index is 0.164. The summed E-state index contributed by atoms with van der Waals surface area (Å²) in [5.41, 5.74) is 6.79. The SMILES string of the molecule is Cc1cc(CCCC(=O)NCCCCN)c(C)s1. The lowest BCUT2D eigenvalue weighted by atomic mass is 10.1. The Kier molecular flexibility index (Phi) is 6.98. The summed E-state index contributed by atoms with van der Waals surface area (Å²) in [5, 5.41) is 2.93. The second-order valence-corrected chi connectivity index (χ2v) is 6.10. The van der Waals surface area contributed by atoms with Gasteiger partial charge in [-0.05, 0) is 57.7 Å². The van der Waals surface area contributed by atoms with E-state index in [0.29, 0.717) is 13.0 Å². The molecular formula is C14H24N2OS. The van der Waals surface area contributed by atoms with Crippen LogP contribution in [0.25, 0.3) is 0 Å². The largest absolute Gasteiger partial charge is 0.356 e. The van der Waals surface area contributed by atoms with Crippen LogP contribution in [0.3, 0.4) is 0 Å². The summed E-state index contributed by atoms with van der Waals surface area (Å²) in [6, 6.07) is 2.24. The fourth-order valence-electron chi connectivity index (χ4n) is 1.96. The van der Waals surface area contributed by atoms with E-state index in [2.05, 4.69) is 25.2 Å². The van der Waals surface area contributed by atoms with E-state index in [-0.39, 0.29) is 5.91 Å². The monoisotopic (exact) mass is 268 g/mol.